The van der Waals surface area contributed by atoms with Crippen LogP contribution in [-0.4, -0.2) is 29.5 Å². The van der Waals surface area contributed by atoms with E-state index >= 15 is 0 Å². The first-order valence-corrected chi connectivity index (χ1v) is 10.0. The van der Waals surface area contributed by atoms with E-state index < -0.39 is 0 Å². The molecule has 0 radical (unpaired) electrons. The van der Waals surface area contributed by atoms with Gasteiger partial charge in [0.1, 0.15) is 0 Å². The zero-order chi connectivity index (χ0) is 14.9. The maximum Gasteiger partial charge on any atom is 0.167 e. The van der Waals surface area contributed by atoms with E-state index in [-0.39, 0.29) is 17.3 Å². The Balaban J connectivity index is 1.77. The average molecular weight is 434 g/mol. The van der Waals surface area contributed by atoms with E-state index in [0.29, 0.717) is 0 Å². The summed E-state index contributed by atoms with van der Waals surface area (Å²) >= 11 is 8.95. The number of hydrogen-bond acceptors (Lipinski definition) is 3. The molecule has 2 heterocycles. The highest BCUT2D eigenvalue weighted by atomic mass is 79.9. The van der Waals surface area contributed by atoms with Crippen LogP contribution in [0.5, 0.6) is 0 Å². The Morgan fingerprint density at radius 3 is 2.76 bits per heavy atom. The molecule has 0 amide bonds. The average Bonchev–Trinajstić information content (AvgIpc) is 2.47. The second kappa shape index (κ2) is 6.73. The number of ketones is 1. The zero-order valence-electron chi connectivity index (χ0n) is 11.7. The van der Waals surface area contributed by atoms with Crippen LogP contribution in [0.3, 0.4) is 0 Å². The SMILES string of the molecule is O=C(c1ccc(Br)cc1Br)C1CCOC2(CCSCC2)C1. The third-order valence-electron chi connectivity index (χ3n) is 4.46. The molecule has 0 bridgehead atoms. The number of Topliss-reactive ketones (excluding diaryl/α,β-unsaturated/α-hetero) is 1. The molecule has 1 atom stereocenters. The molecule has 21 heavy (non-hydrogen) atoms. The highest BCUT2D eigenvalue weighted by molar-refractivity contribution is 9.11. The summed E-state index contributed by atoms with van der Waals surface area (Å²) in [5.41, 5.74) is 0.761. The minimum Gasteiger partial charge on any atom is -0.375 e. The summed E-state index contributed by atoms with van der Waals surface area (Å²) in [7, 11) is 0. The van der Waals surface area contributed by atoms with Crippen molar-refractivity contribution in [3.05, 3.63) is 32.7 Å². The zero-order valence-corrected chi connectivity index (χ0v) is 15.7. The maximum absolute atomic E-state index is 12.9. The highest BCUT2D eigenvalue weighted by Gasteiger charge is 2.41. The fraction of sp³-hybridized carbons (Fsp3) is 0.562. The van der Waals surface area contributed by atoms with E-state index in [1.807, 2.05) is 30.0 Å². The van der Waals surface area contributed by atoms with Gasteiger partial charge in [-0.1, -0.05) is 31.9 Å². The lowest BCUT2D eigenvalue weighted by molar-refractivity contribution is -0.0959. The van der Waals surface area contributed by atoms with Crippen molar-refractivity contribution in [1.82, 2.24) is 0 Å². The first kappa shape index (κ1) is 16.0. The largest absolute Gasteiger partial charge is 0.375 e. The molecule has 1 aromatic rings. The van der Waals surface area contributed by atoms with Gasteiger partial charge in [0.05, 0.1) is 5.60 Å². The van der Waals surface area contributed by atoms with Crippen molar-refractivity contribution >= 4 is 49.4 Å². The summed E-state index contributed by atoms with van der Waals surface area (Å²) in [5, 5.41) is 0. The van der Waals surface area contributed by atoms with Crippen LogP contribution in [0.2, 0.25) is 0 Å². The van der Waals surface area contributed by atoms with Gasteiger partial charge < -0.3 is 4.74 Å². The van der Waals surface area contributed by atoms with Gasteiger partial charge in [-0.2, -0.15) is 11.8 Å². The van der Waals surface area contributed by atoms with E-state index in [1.165, 1.54) is 0 Å². The molecule has 0 N–H and O–H groups in total. The predicted molar refractivity (Wildman–Crippen MR) is 94.1 cm³/mol. The van der Waals surface area contributed by atoms with Gasteiger partial charge in [0.25, 0.3) is 0 Å². The predicted octanol–water partition coefficient (Wildman–Crippen LogP) is 5.09. The number of benzene rings is 1. The maximum atomic E-state index is 12.9. The summed E-state index contributed by atoms with van der Waals surface area (Å²) in [4.78, 5) is 12.9. The fourth-order valence-corrected chi connectivity index (χ4v) is 5.73. The summed E-state index contributed by atoms with van der Waals surface area (Å²) in [6.45, 7) is 0.717. The van der Waals surface area contributed by atoms with Crippen molar-refractivity contribution < 1.29 is 9.53 Å². The van der Waals surface area contributed by atoms with Crippen molar-refractivity contribution in [3.63, 3.8) is 0 Å². The molecule has 0 aromatic heterocycles. The Hall–Kier alpha value is 0.160. The topological polar surface area (TPSA) is 26.3 Å². The van der Waals surface area contributed by atoms with Crippen LogP contribution < -0.4 is 0 Å². The van der Waals surface area contributed by atoms with Gasteiger partial charge in [-0.05, 0) is 55.4 Å². The van der Waals surface area contributed by atoms with Crippen LogP contribution >= 0.6 is 43.6 Å². The van der Waals surface area contributed by atoms with Crippen molar-refractivity contribution in [2.45, 2.75) is 31.3 Å². The van der Waals surface area contributed by atoms with Gasteiger partial charge in [0, 0.05) is 27.0 Å². The molecule has 0 saturated carbocycles. The normalized spacial score (nSPS) is 25.0. The number of ether oxygens (including phenoxy) is 1. The Morgan fingerprint density at radius 1 is 1.29 bits per heavy atom. The minimum absolute atomic E-state index is 0.0360. The van der Waals surface area contributed by atoms with Crippen molar-refractivity contribution in [2.75, 3.05) is 18.1 Å². The van der Waals surface area contributed by atoms with E-state index in [1.54, 1.807) is 0 Å². The number of hydrogen-bond donors (Lipinski definition) is 0. The Kier molecular flexibility index (Phi) is 5.14. The van der Waals surface area contributed by atoms with Gasteiger partial charge in [-0.25, -0.2) is 0 Å². The number of halogens is 2. The molecule has 114 valence electrons. The lowest BCUT2D eigenvalue weighted by atomic mass is 9.79. The second-order valence-electron chi connectivity index (χ2n) is 5.82. The molecular weight excluding hydrogens is 416 g/mol. The summed E-state index contributed by atoms with van der Waals surface area (Å²) in [6.07, 6.45) is 3.90. The van der Waals surface area contributed by atoms with Crippen molar-refractivity contribution in [2.24, 2.45) is 5.92 Å². The Bertz CT molecular complexity index is 536. The smallest absolute Gasteiger partial charge is 0.167 e. The molecule has 1 unspecified atom stereocenters. The van der Waals surface area contributed by atoms with E-state index in [0.717, 1.165) is 58.3 Å². The first-order valence-electron chi connectivity index (χ1n) is 7.31. The van der Waals surface area contributed by atoms with Crippen LogP contribution in [0, 0.1) is 5.92 Å². The Morgan fingerprint density at radius 2 is 2.05 bits per heavy atom. The van der Waals surface area contributed by atoms with Gasteiger partial charge in [0.15, 0.2) is 5.78 Å². The van der Waals surface area contributed by atoms with Crippen LogP contribution in [-0.2, 0) is 4.74 Å². The quantitative estimate of drug-likeness (QED) is 0.607. The number of thioether (sulfide) groups is 1. The summed E-state index contributed by atoms with van der Waals surface area (Å²) < 4.78 is 7.95. The summed E-state index contributed by atoms with van der Waals surface area (Å²) in [6, 6.07) is 5.79. The molecule has 3 rings (SSSR count). The van der Waals surface area contributed by atoms with Crippen molar-refractivity contribution in [3.8, 4) is 0 Å². The molecule has 5 heteroatoms. The molecule has 2 saturated heterocycles. The fourth-order valence-electron chi connectivity index (χ4n) is 3.25. The highest BCUT2D eigenvalue weighted by Crippen LogP contribution is 2.41. The van der Waals surface area contributed by atoms with Crippen LogP contribution in [0.1, 0.15) is 36.0 Å². The molecule has 1 spiro atoms. The number of rotatable bonds is 2. The molecule has 1 aromatic carbocycles. The molecule has 0 aliphatic carbocycles. The first-order chi connectivity index (χ1) is 10.1. The van der Waals surface area contributed by atoms with Gasteiger partial charge in [-0.15, -0.1) is 0 Å². The van der Waals surface area contributed by atoms with Crippen molar-refractivity contribution in [1.29, 1.82) is 0 Å². The van der Waals surface area contributed by atoms with Gasteiger partial charge in [0.2, 0.25) is 0 Å². The lowest BCUT2D eigenvalue weighted by Crippen LogP contribution is -2.44. The third-order valence-corrected chi connectivity index (χ3v) is 6.60. The van der Waals surface area contributed by atoms with Gasteiger partial charge >= 0.3 is 0 Å². The standard InChI is InChI=1S/C16H18Br2O2S/c17-12-1-2-13(14(18)9-12)15(19)11-3-6-20-16(10-11)4-7-21-8-5-16/h1-2,9,11H,3-8,10H2. The van der Waals surface area contributed by atoms with Crippen LogP contribution in [0.25, 0.3) is 0 Å². The van der Waals surface area contributed by atoms with Gasteiger partial charge in [-0.3, -0.25) is 4.79 Å². The molecule has 2 aliphatic rings. The summed E-state index contributed by atoms with van der Waals surface area (Å²) in [5.74, 6) is 2.67. The third kappa shape index (κ3) is 3.57. The molecular formula is C16H18Br2O2S. The molecule has 2 fully saturated rings. The minimum atomic E-state index is -0.0360. The van der Waals surface area contributed by atoms with Crippen LogP contribution in [0.15, 0.2) is 27.1 Å². The monoisotopic (exact) mass is 432 g/mol. The van der Waals surface area contributed by atoms with Crippen LogP contribution in [0.4, 0.5) is 0 Å². The van der Waals surface area contributed by atoms with E-state index in [4.69, 9.17) is 4.74 Å². The second-order valence-corrected chi connectivity index (χ2v) is 8.82. The van der Waals surface area contributed by atoms with E-state index in [2.05, 4.69) is 31.9 Å². The number of carbonyl (C=O) groups excluding carboxylic acids is 1. The number of carbonyl (C=O) groups is 1. The Labute approximate surface area is 146 Å². The molecule has 2 aliphatic heterocycles. The van der Waals surface area contributed by atoms with E-state index in [9.17, 15) is 4.79 Å². The molecule has 2 nitrogen and oxygen atoms in total. The lowest BCUT2D eigenvalue weighted by Gasteiger charge is -2.43.